The Morgan fingerprint density at radius 3 is 2.83 bits per heavy atom. The van der Waals surface area contributed by atoms with E-state index in [1.54, 1.807) is 7.11 Å². The molecule has 0 amide bonds. The molecule has 0 bridgehead atoms. The molecular formula is C18H31N3O2. The Hall–Kier alpha value is -1.75. The SMILES string of the molecule is CCCCCOc1cc(C)ccc1CN=C(N)NC(C)COC. The fourth-order valence-electron chi connectivity index (χ4n) is 2.22. The van der Waals surface area contributed by atoms with Gasteiger partial charge in [-0.05, 0) is 31.9 Å². The summed E-state index contributed by atoms with van der Waals surface area (Å²) in [7, 11) is 1.67. The van der Waals surface area contributed by atoms with Crippen molar-refractivity contribution in [1.29, 1.82) is 0 Å². The maximum atomic E-state index is 5.92. The molecule has 5 heteroatoms. The van der Waals surface area contributed by atoms with Gasteiger partial charge in [0.05, 0.1) is 19.8 Å². The van der Waals surface area contributed by atoms with E-state index >= 15 is 0 Å². The molecular weight excluding hydrogens is 290 g/mol. The summed E-state index contributed by atoms with van der Waals surface area (Å²) in [5.41, 5.74) is 8.15. The molecule has 1 atom stereocenters. The van der Waals surface area contributed by atoms with Crippen LogP contribution in [0.15, 0.2) is 23.2 Å². The van der Waals surface area contributed by atoms with E-state index in [2.05, 4.69) is 42.4 Å². The quantitative estimate of drug-likeness (QED) is 0.395. The van der Waals surface area contributed by atoms with Crippen LogP contribution in [0.4, 0.5) is 0 Å². The smallest absolute Gasteiger partial charge is 0.189 e. The van der Waals surface area contributed by atoms with E-state index in [4.69, 9.17) is 15.2 Å². The van der Waals surface area contributed by atoms with Crippen LogP contribution in [-0.4, -0.2) is 32.3 Å². The molecule has 0 aliphatic heterocycles. The van der Waals surface area contributed by atoms with Gasteiger partial charge in [0.2, 0.25) is 0 Å². The van der Waals surface area contributed by atoms with Crippen LogP contribution in [0.3, 0.4) is 0 Å². The highest BCUT2D eigenvalue weighted by molar-refractivity contribution is 5.78. The molecule has 0 radical (unpaired) electrons. The van der Waals surface area contributed by atoms with Gasteiger partial charge in [0.25, 0.3) is 0 Å². The van der Waals surface area contributed by atoms with Gasteiger partial charge in [0, 0.05) is 18.7 Å². The van der Waals surface area contributed by atoms with Gasteiger partial charge in [-0.15, -0.1) is 0 Å². The number of aryl methyl sites for hydroxylation is 1. The second-order valence-electron chi connectivity index (χ2n) is 5.87. The van der Waals surface area contributed by atoms with Crippen LogP contribution in [0.5, 0.6) is 5.75 Å². The Morgan fingerprint density at radius 1 is 1.35 bits per heavy atom. The van der Waals surface area contributed by atoms with Gasteiger partial charge in [-0.25, -0.2) is 4.99 Å². The molecule has 5 nitrogen and oxygen atoms in total. The molecule has 0 aromatic heterocycles. The topological polar surface area (TPSA) is 68.9 Å². The lowest BCUT2D eigenvalue weighted by Gasteiger charge is -2.14. The van der Waals surface area contributed by atoms with Crippen LogP contribution in [-0.2, 0) is 11.3 Å². The Labute approximate surface area is 140 Å². The van der Waals surface area contributed by atoms with E-state index in [1.165, 1.54) is 18.4 Å². The van der Waals surface area contributed by atoms with Crippen molar-refractivity contribution in [2.24, 2.45) is 10.7 Å². The summed E-state index contributed by atoms with van der Waals surface area (Å²) in [5, 5.41) is 3.10. The van der Waals surface area contributed by atoms with E-state index in [9.17, 15) is 0 Å². The minimum absolute atomic E-state index is 0.131. The molecule has 0 saturated carbocycles. The minimum Gasteiger partial charge on any atom is -0.493 e. The van der Waals surface area contributed by atoms with Crippen molar-refractivity contribution in [3.05, 3.63) is 29.3 Å². The zero-order valence-electron chi connectivity index (χ0n) is 14.9. The average Bonchev–Trinajstić information content (AvgIpc) is 2.51. The van der Waals surface area contributed by atoms with Crippen molar-refractivity contribution >= 4 is 5.96 Å². The lowest BCUT2D eigenvalue weighted by molar-refractivity contribution is 0.179. The molecule has 1 rings (SSSR count). The first-order valence-corrected chi connectivity index (χ1v) is 8.34. The van der Waals surface area contributed by atoms with Gasteiger partial charge >= 0.3 is 0 Å². The fraction of sp³-hybridized carbons (Fsp3) is 0.611. The molecule has 3 N–H and O–H groups in total. The van der Waals surface area contributed by atoms with Gasteiger partial charge in [-0.3, -0.25) is 0 Å². The summed E-state index contributed by atoms with van der Waals surface area (Å²) in [5.74, 6) is 1.33. The van der Waals surface area contributed by atoms with Crippen LogP contribution in [0.2, 0.25) is 0 Å². The molecule has 1 unspecified atom stereocenters. The number of hydrogen-bond acceptors (Lipinski definition) is 3. The van der Waals surface area contributed by atoms with Crippen LogP contribution < -0.4 is 15.8 Å². The first-order valence-electron chi connectivity index (χ1n) is 8.34. The number of nitrogens with zero attached hydrogens (tertiary/aromatic N) is 1. The lowest BCUT2D eigenvalue weighted by Crippen LogP contribution is -2.40. The van der Waals surface area contributed by atoms with Crippen LogP contribution in [0.1, 0.15) is 44.2 Å². The molecule has 0 fully saturated rings. The third-order valence-corrected chi connectivity index (χ3v) is 3.46. The normalized spacial score (nSPS) is 13.0. The summed E-state index contributed by atoms with van der Waals surface area (Å²) >= 11 is 0. The maximum absolute atomic E-state index is 5.92. The summed E-state index contributed by atoms with van der Waals surface area (Å²) in [6.07, 6.45) is 3.45. The molecule has 130 valence electrons. The van der Waals surface area contributed by atoms with E-state index in [0.29, 0.717) is 19.1 Å². The number of unbranched alkanes of at least 4 members (excludes halogenated alkanes) is 2. The second kappa shape index (κ2) is 10.9. The van der Waals surface area contributed by atoms with Crippen molar-refractivity contribution in [2.75, 3.05) is 20.3 Å². The molecule has 0 spiro atoms. The number of aliphatic imine (C=N–C) groups is 1. The average molecular weight is 321 g/mol. The van der Waals surface area contributed by atoms with Crippen molar-refractivity contribution in [3.8, 4) is 5.75 Å². The van der Waals surface area contributed by atoms with Crippen molar-refractivity contribution in [3.63, 3.8) is 0 Å². The lowest BCUT2D eigenvalue weighted by atomic mass is 10.1. The highest BCUT2D eigenvalue weighted by Gasteiger charge is 2.06. The Bertz CT molecular complexity index is 489. The fourth-order valence-corrected chi connectivity index (χ4v) is 2.22. The standard InChI is InChI=1S/C18H31N3O2/c1-5-6-7-10-23-17-11-14(2)8-9-16(17)12-20-18(19)21-15(3)13-22-4/h8-9,11,15H,5-7,10,12-13H2,1-4H3,(H3,19,20,21). The van der Waals surface area contributed by atoms with Crippen LogP contribution in [0, 0.1) is 6.92 Å². The van der Waals surface area contributed by atoms with Gasteiger partial charge in [-0.2, -0.15) is 0 Å². The number of nitrogens with two attached hydrogens (primary N) is 1. The summed E-state index contributed by atoms with van der Waals surface area (Å²) in [4.78, 5) is 4.40. The van der Waals surface area contributed by atoms with Crippen molar-refractivity contribution in [2.45, 2.75) is 52.6 Å². The van der Waals surface area contributed by atoms with Gasteiger partial charge < -0.3 is 20.5 Å². The molecule has 0 aliphatic carbocycles. The molecule has 0 heterocycles. The summed E-state index contributed by atoms with van der Waals surface area (Å²) in [6.45, 7) is 8.09. The largest absolute Gasteiger partial charge is 0.493 e. The van der Waals surface area contributed by atoms with E-state index in [0.717, 1.165) is 24.3 Å². The summed E-state index contributed by atoms with van der Waals surface area (Å²) in [6, 6.07) is 6.32. The third kappa shape index (κ3) is 7.88. The first-order chi connectivity index (χ1) is 11.1. The summed E-state index contributed by atoms with van der Waals surface area (Å²) < 4.78 is 11.0. The number of guanidine groups is 1. The Kier molecular flexibility index (Phi) is 9.14. The van der Waals surface area contributed by atoms with E-state index in [1.807, 2.05) is 6.92 Å². The van der Waals surface area contributed by atoms with Gasteiger partial charge in [0.1, 0.15) is 5.75 Å². The number of benzene rings is 1. The molecule has 1 aromatic rings. The molecule has 1 aromatic carbocycles. The highest BCUT2D eigenvalue weighted by Crippen LogP contribution is 2.21. The predicted octanol–water partition coefficient (Wildman–Crippen LogP) is 3.00. The van der Waals surface area contributed by atoms with E-state index in [-0.39, 0.29) is 6.04 Å². The molecule has 23 heavy (non-hydrogen) atoms. The zero-order valence-corrected chi connectivity index (χ0v) is 14.9. The number of rotatable bonds is 10. The van der Waals surface area contributed by atoms with Crippen molar-refractivity contribution < 1.29 is 9.47 Å². The molecule has 0 saturated heterocycles. The predicted molar refractivity (Wildman–Crippen MR) is 96.0 cm³/mol. The Morgan fingerprint density at radius 2 is 2.13 bits per heavy atom. The van der Waals surface area contributed by atoms with Gasteiger partial charge in [-0.1, -0.05) is 31.9 Å². The zero-order chi connectivity index (χ0) is 17.1. The van der Waals surface area contributed by atoms with Gasteiger partial charge in [0.15, 0.2) is 5.96 Å². The highest BCUT2D eigenvalue weighted by atomic mass is 16.5. The monoisotopic (exact) mass is 321 g/mol. The number of methoxy groups -OCH3 is 1. The first kappa shape index (κ1) is 19.3. The van der Waals surface area contributed by atoms with Crippen LogP contribution in [0.25, 0.3) is 0 Å². The maximum Gasteiger partial charge on any atom is 0.189 e. The van der Waals surface area contributed by atoms with Crippen molar-refractivity contribution in [1.82, 2.24) is 5.32 Å². The third-order valence-electron chi connectivity index (χ3n) is 3.46. The minimum atomic E-state index is 0.131. The molecule has 0 aliphatic rings. The van der Waals surface area contributed by atoms with E-state index < -0.39 is 0 Å². The number of hydrogen-bond donors (Lipinski definition) is 2. The van der Waals surface area contributed by atoms with Crippen LogP contribution >= 0.6 is 0 Å². The Balaban J connectivity index is 2.64. The number of ether oxygens (including phenoxy) is 2. The number of nitrogens with one attached hydrogen (secondary N) is 1. The second-order valence-corrected chi connectivity index (χ2v) is 5.87.